The minimum Gasteiger partial charge on any atom is -1.00 e. The zero-order valence-electron chi connectivity index (χ0n) is 29.8. The molecule has 0 aliphatic heterocycles. The van der Waals surface area contributed by atoms with Gasteiger partial charge >= 0.3 is 0 Å². The summed E-state index contributed by atoms with van der Waals surface area (Å²) in [5.74, 6) is 0. The second-order valence-electron chi connectivity index (χ2n) is 14.2. The monoisotopic (exact) mass is 618 g/mol. The van der Waals surface area contributed by atoms with E-state index >= 15 is 0 Å². The minimum absolute atomic E-state index is 0. The molecule has 0 bridgehead atoms. The molecule has 0 saturated heterocycles. The van der Waals surface area contributed by atoms with Crippen molar-refractivity contribution >= 4 is 0 Å². The Hall–Kier alpha value is 0.170. The Bertz CT molecular complexity index is 482. The van der Waals surface area contributed by atoms with Gasteiger partial charge in [-0.25, -0.2) is 0 Å². The number of likely N-dealkylation sites (N-methyl/N-ethyl adjacent to an activating group) is 1. The fourth-order valence-corrected chi connectivity index (χ4v) is 5.92. The van der Waals surface area contributed by atoms with Gasteiger partial charge in [-0.05, 0) is 12.8 Å². The molecule has 0 aliphatic carbocycles. The van der Waals surface area contributed by atoms with Crippen molar-refractivity contribution in [3.63, 3.8) is 0 Å². The third-order valence-corrected chi connectivity index (χ3v) is 8.55. The number of hydrogen-bond donors (Lipinski definition) is 0. The molecule has 0 heterocycles. The first-order valence-corrected chi connectivity index (χ1v) is 19.0. The van der Waals surface area contributed by atoms with Gasteiger partial charge in [0, 0.05) is 13.2 Å². The van der Waals surface area contributed by atoms with E-state index in [1.54, 1.807) is 0 Å². The number of ether oxygens (including phenoxy) is 2. The Morgan fingerprint density at radius 3 is 1.00 bits per heavy atom. The number of unbranched alkanes of at least 4 members (excludes halogenated alkanes) is 26. The van der Waals surface area contributed by atoms with Crippen LogP contribution in [0.25, 0.3) is 0 Å². The largest absolute Gasteiger partial charge is 1.00 e. The molecule has 1 atom stereocenters. The van der Waals surface area contributed by atoms with Gasteiger partial charge in [0.1, 0.15) is 12.6 Å². The van der Waals surface area contributed by atoms with E-state index in [0.29, 0.717) is 0 Å². The molecular formula is C38H80ClNO2. The van der Waals surface area contributed by atoms with Crippen molar-refractivity contribution in [1.29, 1.82) is 0 Å². The lowest BCUT2D eigenvalue weighted by Crippen LogP contribution is -3.00. The van der Waals surface area contributed by atoms with Gasteiger partial charge in [0.25, 0.3) is 0 Å². The summed E-state index contributed by atoms with van der Waals surface area (Å²) >= 11 is 0. The van der Waals surface area contributed by atoms with Crippen LogP contribution in [-0.2, 0) is 9.47 Å². The van der Waals surface area contributed by atoms with Crippen LogP contribution < -0.4 is 12.4 Å². The maximum Gasteiger partial charge on any atom is 0.130 e. The Morgan fingerprint density at radius 2 is 0.690 bits per heavy atom. The smallest absolute Gasteiger partial charge is 0.130 e. The van der Waals surface area contributed by atoms with Gasteiger partial charge in [0.2, 0.25) is 0 Å². The van der Waals surface area contributed by atoms with Crippen LogP contribution in [0.15, 0.2) is 0 Å². The van der Waals surface area contributed by atoms with Crippen LogP contribution in [0.2, 0.25) is 0 Å². The molecule has 256 valence electrons. The van der Waals surface area contributed by atoms with Gasteiger partial charge in [0.15, 0.2) is 0 Å². The lowest BCUT2D eigenvalue weighted by molar-refractivity contribution is -0.873. The maximum absolute atomic E-state index is 6.31. The maximum atomic E-state index is 6.31. The number of rotatable bonds is 35. The van der Waals surface area contributed by atoms with E-state index in [0.717, 1.165) is 30.8 Å². The van der Waals surface area contributed by atoms with E-state index in [1.165, 1.54) is 180 Å². The van der Waals surface area contributed by atoms with Gasteiger partial charge in [0.05, 0.1) is 27.7 Å². The Kier molecular flexibility index (Phi) is 37.6. The number of hydrogen-bond acceptors (Lipinski definition) is 2. The molecule has 0 saturated carbocycles. The molecule has 4 heteroatoms. The molecule has 0 amide bonds. The van der Waals surface area contributed by atoms with Crippen LogP contribution in [0.5, 0.6) is 0 Å². The van der Waals surface area contributed by atoms with E-state index in [2.05, 4.69) is 35.0 Å². The molecule has 0 N–H and O–H groups in total. The number of quaternary nitrogens is 1. The molecule has 0 spiro atoms. The summed E-state index contributed by atoms with van der Waals surface area (Å²) in [4.78, 5) is 0. The zero-order valence-corrected chi connectivity index (χ0v) is 30.6. The molecule has 0 fully saturated rings. The van der Waals surface area contributed by atoms with Crippen LogP contribution in [0.3, 0.4) is 0 Å². The SMILES string of the molecule is CCCCCCCCCCCCCCCCOCC(C[N+](C)(C)C)OCCCCCCCCCCCCCCCC.[Cl-]. The highest BCUT2D eigenvalue weighted by molar-refractivity contribution is 4.57. The third-order valence-electron chi connectivity index (χ3n) is 8.55. The van der Waals surface area contributed by atoms with Crippen LogP contribution >= 0.6 is 0 Å². The van der Waals surface area contributed by atoms with Crippen molar-refractivity contribution in [1.82, 2.24) is 0 Å². The second kappa shape index (κ2) is 35.6. The van der Waals surface area contributed by atoms with Crippen LogP contribution in [0.4, 0.5) is 0 Å². The van der Waals surface area contributed by atoms with Crippen LogP contribution in [0, 0.1) is 0 Å². The topological polar surface area (TPSA) is 18.5 Å². The normalized spacial score (nSPS) is 12.5. The van der Waals surface area contributed by atoms with Crippen molar-refractivity contribution in [2.75, 3.05) is 47.5 Å². The molecule has 0 aromatic rings. The summed E-state index contributed by atoms with van der Waals surface area (Å²) in [5.41, 5.74) is 0. The van der Waals surface area contributed by atoms with Gasteiger partial charge in [-0.3, -0.25) is 0 Å². The van der Waals surface area contributed by atoms with E-state index in [1.807, 2.05) is 0 Å². The fraction of sp³-hybridized carbons (Fsp3) is 1.00. The second-order valence-corrected chi connectivity index (χ2v) is 14.2. The Labute approximate surface area is 273 Å². The van der Waals surface area contributed by atoms with E-state index in [9.17, 15) is 0 Å². The third kappa shape index (κ3) is 38.2. The molecule has 0 aromatic heterocycles. The van der Waals surface area contributed by atoms with Gasteiger partial charge in [-0.2, -0.15) is 0 Å². The van der Waals surface area contributed by atoms with Crippen LogP contribution in [0.1, 0.15) is 194 Å². The Balaban J connectivity index is 0. The average molecular weight is 619 g/mol. The molecule has 1 unspecified atom stereocenters. The first-order chi connectivity index (χ1) is 20.0. The summed E-state index contributed by atoms with van der Waals surface area (Å²) in [6.07, 6.45) is 39.5. The van der Waals surface area contributed by atoms with Gasteiger partial charge in [-0.15, -0.1) is 0 Å². The highest BCUT2D eigenvalue weighted by Gasteiger charge is 2.19. The minimum atomic E-state index is 0. The molecule has 3 nitrogen and oxygen atoms in total. The molecule has 0 radical (unpaired) electrons. The summed E-state index contributed by atoms with van der Waals surface area (Å²) in [5, 5.41) is 0. The summed E-state index contributed by atoms with van der Waals surface area (Å²) in [6.45, 7) is 8.17. The first-order valence-electron chi connectivity index (χ1n) is 19.0. The molecule has 0 rings (SSSR count). The molecule has 0 aromatic carbocycles. The predicted octanol–water partition coefficient (Wildman–Crippen LogP) is 9.06. The molecular weight excluding hydrogens is 538 g/mol. The molecule has 0 aliphatic rings. The number of halogens is 1. The van der Waals surface area contributed by atoms with E-state index in [-0.39, 0.29) is 18.5 Å². The Morgan fingerprint density at radius 1 is 0.405 bits per heavy atom. The number of nitrogens with zero attached hydrogens (tertiary/aromatic N) is 1. The average Bonchev–Trinajstić information content (AvgIpc) is 2.94. The van der Waals surface area contributed by atoms with Crippen molar-refractivity contribution < 1.29 is 26.4 Å². The quantitative estimate of drug-likeness (QED) is 0.0521. The summed E-state index contributed by atoms with van der Waals surface area (Å²) in [7, 11) is 6.78. The summed E-state index contributed by atoms with van der Waals surface area (Å²) < 4.78 is 13.3. The van der Waals surface area contributed by atoms with Crippen LogP contribution in [-0.4, -0.2) is 58.1 Å². The highest BCUT2D eigenvalue weighted by atomic mass is 35.5. The molecule has 42 heavy (non-hydrogen) atoms. The van der Waals surface area contributed by atoms with E-state index in [4.69, 9.17) is 9.47 Å². The van der Waals surface area contributed by atoms with Crippen molar-refractivity contribution in [3.8, 4) is 0 Å². The lowest BCUT2D eigenvalue weighted by atomic mass is 10.0. The zero-order chi connectivity index (χ0) is 30.1. The first kappa shape index (κ1) is 44.3. The van der Waals surface area contributed by atoms with Crippen molar-refractivity contribution in [2.24, 2.45) is 0 Å². The van der Waals surface area contributed by atoms with Crippen molar-refractivity contribution in [2.45, 2.75) is 200 Å². The highest BCUT2D eigenvalue weighted by Crippen LogP contribution is 2.15. The lowest BCUT2D eigenvalue weighted by Gasteiger charge is -2.29. The van der Waals surface area contributed by atoms with Crippen molar-refractivity contribution in [3.05, 3.63) is 0 Å². The van der Waals surface area contributed by atoms with Gasteiger partial charge in [-0.1, -0.05) is 181 Å². The van der Waals surface area contributed by atoms with Gasteiger partial charge < -0.3 is 26.4 Å². The standard InChI is InChI=1S/C38H80NO2.ClH/c1-6-8-10-12-14-16-18-20-22-24-26-28-30-32-34-40-37-38(36-39(3,4)5)41-35-33-31-29-27-25-23-21-19-17-15-13-11-9-7-2;/h38H,6-37H2,1-5H3;1H/q+1;/p-1. The fourth-order valence-electron chi connectivity index (χ4n) is 5.92. The summed E-state index contributed by atoms with van der Waals surface area (Å²) in [6, 6.07) is 0. The van der Waals surface area contributed by atoms with E-state index < -0.39 is 0 Å². The predicted molar refractivity (Wildman–Crippen MR) is 184 cm³/mol.